The van der Waals surface area contributed by atoms with Crippen molar-refractivity contribution in [1.82, 2.24) is 10.7 Å². The number of hydrogen-bond acceptors (Lipinski definition) is 4. The van der Waals surface area contributed by atoms with Crippen LogP contribution in [0.4, 0.5) is 0 Å². The van der Waals surface area contributed by atoms with E-state index in [1.54, 1.807) is 6.92 Å². The van der Waals surface area contributed by atoms with Crippen LogP contribution in [0.15, 0.2) is 26.2 Å². The molecule has 0 aliphatic rings. The van der Waals surface area contributed by atoms with Crippen LogP contribution in [0.5, 0.6) is 5.75 Å². The van der Waals surface area contributed by atoms with Crippen LogP contribution in [0.3, 0.4) is 0 Å². The third-order valence-electron chi connectivity index (χ3n) is 2.73. The molecule has 0 radical (unpaired) electrons. The zero-order chi connectivity index (χ0) is 17.4. The Balaban J connectivity index is 2.48. The van der Waals surface area contributed by atoms with E-state index in [1.165, 1.54) is 0 Å². The summed E-state index contributed by atoms with van der Waals surface area (Å²) in [5, 5.41) is 6.53. The highest BCUT2D eigenvalue weighted by molar-refractivity contribution is 9.11. The van der Waals surface area contributed by atoms with E-state index >= 15 is 0 Å². The summed E-state index contributed by atoms with van der Waals surface area (Å²) in [5.41, 5.74) is 3.88. The first-order valence-corrected chi connectivity index (χ1v) is 8.59. The fraction of sp³-hybridized carbons (Fsp3) is 0.400. The summed E-state index contributed by atoms with van der Waals surface area (Å²) in [6.07, 6.45) is 0.145. The van der Waals surface area contributed by atoms with Crippen LogP contribution in [-0.2, 0) is 9.59 Å². The summed E-state index contributed by atoms with van der Waals surface area (Å²) in [4.78, 5) is 23.1. The molecule has 6 nitrogen and oxygen atoms in total. The van der Waals surface area contributed by atoms with Crippen molar-refractivity contribution < 1.29 is 14.3 Å². The Hall–Kier alpha value is -1.41. The van der Waals surface area contributed by atoms with Gasteiger partial charge in [-0.25, -0.2) is 5.43 Å². The molecule has 2 N–H and O–H groups in total. The van der Waals surface area contributed by atoms with Crippen molar-refractivity contribution in [2.24, 2.45) is 5.10 Å². The van der Waals surface area contributed by atoms with Gasteiger partial charge in [0.15, 0.2) is 6.61 Å². The molecule has 2 amide bonds. The molecule has 0 saturated carbocycles. The summed E-state index contributed by atoms with van der Waals surface area (Å²) < 4.78 is 7.16. The maximum Gasteiger partial charge on any atom is 0.277 e. The lowest BCUT2D eigenvalue weighted by molar-refractivity contribution is -0.123. The molecule has 0 aliphatic heterocycles. The molecular weight excluding hydrogens is 430 g/mol. The van der Waals surface area contributed by atoms with Gasteiger partial charge in [-0.1, -0.05) is 15.9 Å². The number of hydrogen-bond donors (Lipinski definition) is 2. The molecule has 0 saturated heterocycles. The Labute approximate surface area is 152 Å². The quantitative estimate of drug-likeness (QED) is 0.497. The molecule has 0 spiro atoms. The van der Waals surface area contributed by atoms with Crippen molar-refractivity contribution in [3.05, 3.63) is 26.6 Å². The normalized spacial score (nSPS) is 11.1. The van der Waals surface area contributed by atoms with Crippen LogP contribution in [0.25, 0.3) is 0 Å². The molecule has 0 atom stereocenters. The van der Waals surface area contributed by atoms with Gasteiger partial charge in [-0.2, -0.15) is 5.10 Å². The van der Waals surface area contributed by atoms with Crippen molar-refractivity contribution in [2.75, 3.05) is 13.2 Å². The van der Waals surface area contributed by atoms with E-state index in [1.807, 2.05) is 26.0 Å². The van der Waals surface area contributed by atoms with E-state index in [9.17, 15) is 9.59 Å². The zero-order valence-corrected chi connectivity index (χ0v) is 16.4. The largest absolute Gasteiger partial charge is 0.483 e. The van der Waals surface area contributed by atoms with Crippen LogP contribution in [0.1, 0.15) is 25.8 Å². The van der Waals surface area contributed by atoms with Gasteiger partial charge in [-0.05, 0) is 54.4 Å². The Morgan fingerprint density at radius 3 is 2.57 bits per heavy atom. The first-order chi connectivity index (χ1) is 10.8. The van der Waals surface area contributed by atoms with E-state index in [0.717, 1.165) is 14.5 Å². The summed E-state index contributed by atoms with van der Waals surface area (Å²) >= 11 is 6.79. The van der Waals surface area contributed by atoms with Gasteiger partial charge in [0.25, 0.3) is 5.91 Å². The van der Waals surface area contributed by atoms with Crippen molar-refractivity contribution in [1.29, 1.82) is 0 Å². The van der Waals surface area contributed by atoms with Crippen molar-refractivity contribution in [3.63, 3.8) is 0 Å². The van der Waals surface area contributed by atoms with Crippen LogP contribution >= 0.6 is 31.9 Å². The lowest BCUT2D eigenvalue weighted by Crippen LogP contribution is -2.28. The second-order valence-electron chi connectivity index (χ2n) is 4.83. The van der Waals surface area contributed by atoms with Crippen LogP contribution in [-0.4, -0.2) is 30.7 Å². The Morgan fingerprint density at radius 2 is 1.91 bits per heavy atom. The number of aryl methyl sites for hydroxylation is 1. The monoisotopic (exact) mass is 447 g/mol. The van der Waals surface area contributed by atoms with Crippen LogP contribution in [0.2, 0.25) is 0 Å². The predicted octanol–water partition coefficient (Wildman–Crippen LogP) is 2.92. The molecule has 8 heteroatoms. The van der Waals surface area contributed by atoms with E-state index in [2.05, 4.69) is 47.7 Å². The van der Waals surface area contributed by atoms with Crippen molar-refractivity contribution in [3.8, 4) is 5.75 Å². The number of ether oxygens (including phenoxy) is 1. The first kappa shape index (κ1) is 19.6. The number of hydrazone groups is 1. The lowest BCUT2D eigenvalue weighted by Gasteiger charge is -2.09. The number of rotatable bonds is 7. The predicted molar refractivity (Wildman–Crippen MR) is 96.6 cm³/mol. The maximum atomic E-state index is 11.7. The standard InChI is InChI=1S/C15H19Br2N3O3/c1-4-18-14(21)6-10(3)19-20-15(22)8-23-13-5-9(2)11(16)7-12(13)17/h5,7H,4,6,8H2,1-3H3,(H,18,21)(H,20,22). The molecule has 0 unspecified atom stereocenters. The summed E-state index contributed by atoms with van der Waals surface area (Å²) in [7, 11) is 0. The number of benzene rings is 1. The molecule has 1 aromatic rings. The molecule has 23 heavy (non-hydrogen) atoms. The smallest absolute Gasteiger partial charge is 0.277 e. The molecule has 0 aromatic heterocycles. The van der Waals surface area contributed by atoms with Gasteiger partial charge in [0, 0.05) is 16.7 Å². The third-order valence-corrected chi connectivity index (χ3v) is 4.21. The number of nitrogens with zero attached hydrogens (tertiary/aromatic N) is 1. The van der Waals surface area contributed by atoms with Gasteiger partial charge in [-0.15, -0.1) is 0 Å². The fourth-order valence-corrected chi connectivity index (χ4v) is 2.71. The average Bonchev–Trinajstić information content (AvgIpc) is 2.47. The van der Waals surface area contributed by atoms with Crippen LogP contribution < -0.4 is 15.5 Å². The molecule has 0 heterocycles. The van der Waals surface area contributed by atoms with Gasteiger partial charge in [0.1, 0.15) is 5.75 Å². The highest BCUT2D eigenvalue weighted by Crippen LogP contribution is 2.31. The molecular formula is C15H19Br2N3O3. The van der Waals surface area contributed by atoms with Crippen molar-refractivity contribution in [2.45, 2.75) is 27.2 Å². The third kappa shape index (κ3) is 7.13. The second-order valence-corrected chi connectivity index (χ2v) is 6.54. The van der Waals surface area contributed by atoms with Gasteiger partial charge in [0.2, 0.25) is 5.91 Å². The molecule has 126 valence electrons. The lowest BCUT2D eigenvalue weighted by atomic mass is 10.2. The topological polar surface area (TPSA) is 79.8 Å². The molecule has 0 fully saturated rings. The van der Waals surface area contributed by atoms with E-state index in [0.29, 0.717) is 18.0 Å². The minimum atomic E-state index is -0.396. The highest BCUT2D eigenvalue weighted by atomic mass is 79.9. The maximum absolute atomic E-state index is 11.7. The fourth-order valence-electron chi connectivity index (χ4n) is 1.61. The van der Waals surface area contributed by atoms with Crippen LogP contribution in [0, 0.1) is 6.92 Å². The van der Waals surface area contributed by atoms with Gasteiger partial charge in [0.05, 0.1) is 10.9 Å². The molecule has 0 aliphatic carbocycles. The second kappa shape index (κ2) is 9.67. The van der Waals surface area contributed by atoms with Gasteiger partial charge >= 0.3 is 0 Å². The Morgan fingerprint density at radius 1 is 1.22 bits per heavy atom. The number of nitrogens with one attached hydrogen (secondary N) is 2. The average molecular weight is 449 g/mol. The highest BCUT2D eigenvalue weighted by Gasteiger charge is 2.08. The SMILES string of the molecule is CCNC(=O)CC(C)=NNC(=O)COc1cc(C)c(Br)cc1Br. The number of carbonyl (C=O) groups excluding carboxylic acids is 2. The Bertz CT molecular complexity index is 618. The number of halogens is 2. The van der Waals surface area contributed by atoms with E-state index < -0.39 is 5.91 Å². The van der Waals surface area contributed by atoms with E-state index in [-0.39, 0.29) is 18.9 Å². The minimum Gasteiger partial charge on any atom is -0.483 e. The molecule has 1 rings (SSSR count). The van der Waals surface area contributed by atoms with Crippen molar-refractivity contribution >= 4 is 49.4 Å². The summed E-state index contributed by atoms with van der Waals surface area (Å²) in [5.74, 6) is 0.0464. The van der Waals surface area contributed by atoms with E-state index in [4.69, 9.17) is 4.74 Å². The summed E-state index contributed by atoms with van der Waals surface area (Å²) in [6.45, 7) is 5.83. The molecule has 0 bridgehead atoms. The summed E-state index contributed by atoms with van der Waals surface area (Å²) in [6, 6.07) is 3.68. The molecule has 1 aromatic carbocycles. The number of carbonyl (C=O) groups is 2. The van der Waals surface area contributed by atoms with Gasteiger partial charge in [-0.3, -0.25) is 9.59 Å². The minimum absolute atomic E-state index is 0.131. The zero-order valence-electron chi connectivity index (χ0n) is 13.2. The van der Waals surface area contributed by atoms with Gasteiger partial charge < -0.3 is 10.1 Å². The Kier molecular flexibility index (Phi) is 8.25. The first-order valence-electron chi connectivity index (χ1n) is 7.00. The number of amides is 2.